The van der Waals surface area contributed by atoms with Gasteiger partial charge in [0.2, 0.25) is 12.7 Å². The molecule has 3 heterocycles. The number of hydrogen-bond donors (Lipinski definition) is 1. The zero-order valence-corrected chi connectivity index (χ0v) is 18.4. The van der Waals surface area contributed by atoms with Crippen molar-refractivity contribution < 1.29 is 14.3 Å². The normalized spacial score (nSPS) is 14.6. The minimum Gasteiger partial charge on any atom is -0.454 e. The van der Waals surface area contributed by atoms with Crippen molar-refractivity contribution in [2.24, 2.45) is 0 Å². The molecule has 0 saturated carbocycles. The van der Waals surface area contributed by atoms with Crippen LogP contribution in [0.3, 0.4) is 0 Å². The molecule has 0 radical (unpaired) electrons. The van der Waals surface area contributed by atoms with Gasteiger partial charge in [0.25, 0.3) is 0 Å². The molecular weight excluding hydrogens is 428 g/mol. The van der Waals surface area contributed by atoms with Crippen LogP contribution in [0.25, 0.3) is 20.8 Å². The smallest absolute Gasteiger partial charge is 0.231 e. The second-order valence-electron chi connectivity index (χ2n) is 7.81. The van der Waals surface area contributed by atoms with Crippen molar-refractivity contribution in [3.63, 3.8) is 0 Å². The lowest BCUT2D eigenvalue weighted by atomic mass is 9.95. The van der Waals surface area contributed by atoms with E-state index in [4.69, 9.17) is 14.5 Å². The van der Waals surface area contributed by atoms with E-state index < -0.39 is 0 Å². The largest absolute Gasteiger partial charge is 0.454 e. The van der Waals surface area contributed by atoms with Crippen molar-refractivity contribution in [1.82, 2.24) is 4.98 Å². The van der Waals surface area contributed by atoms with E-state index in [0.717, 1.165) is 45.2 Å². The Bertz CT molecular complexity index is 1270. The Morgan fingerprint density at radius 3 is 2.84 bits per heavy atom. The summed E-state index contributed by atoms with van der Waals surface area (Å²) in [5, 5.41) is 5.13. The molecule has 2 aromatic heterocycles. The first-order valence-corrected chi connectivity index (χ1v) is 12.1. The number of nitrogens with zero attached hydrogens (tertiary/aromatic N) is 1. The molecule has 6 rings (SSSR count). The molecule has 7 heteroatoms. The van der Waals surface area contributed by atoms with Gasteiger partial charge in [-0.05, 0) is 61.1 Å². The van der Waals surface area contributed by atoms with E-state index in [1.807, 2.05) is 36.4 Å². The number of hydrogen-bond acceptors (Lipinski definition) is 6. The van der Waals surface area contributed by atoms with Crippen LogP contribution < -0.4 is 14.8 Å². The van der Waals surface area contributed by atoms with Crippen molar-refractivity contribution in [3.05, 3.63) is 58.5 Å². The zero-order valence-electron chi connectivity index (χ0n) is 16.8. The first-order valence-electron chi connectivity index (χ1n) is 10.4. The van der Waals surface area contributed by atoms with Crippen LogP contribution in [0, 0.1) is 0 Å². The van der Waals surface area contributed by atoms with E-state index in [2.05, 4.69) is 11.4 Å². The van der Waals surface area contributed by atoms with Crippen LogP contribution in [-0.2, 0) is 24.1 Å². The van der Waals surface area contributed by atoms with Crippen LogP contribution in [-0.4, -0.2) is 17.7 Å². The third-order valence-electron chi connectivity index (χ3n) is 5.73. The summed E-state index contributed by atoms with van der Waals surface area (Å²) in [4.78, 5) is 19.2. The van der Waals surface area contributed by atoms with Gasteiger partial charge in [-0.25, -0.2) is 4.98 Å². The highest BCUT2D eigenvalue weighted by Gasteiger charge is 2.25. The molecule has 0 spiro atoms. The number of aryl methyl sites for hydroxylation is 1. The van der Waals surface area contributed by atoms with E-state index in [9.17, 15) is 4.79 Å². The van der Waals surface area contributed by atoms with E-state index >= 15 is 0 Å². The monoisotopic (exact) mass is 448 g/mol. The van der Waals surface area contributed by atoms with Crippen LogP contribution in [0.4, 0.5) is 5.00 Å². The molecule has 0 bridgehead atoms. The number of carbonyl (C=O) groups excluding carboxylic acids is 1. The molecule has 5 nitrogen and oxygen atoms in total. The molecule has 0 unspecified atom stereocenters. The molecule has 2 aliphatic rings. The van der Waals surface area contributed by atoms with Crippen LogP contribution in [0.15, 0.2) is 42.5 Å². The number of para-hydroxylation sites is 1. The third-order valence-corrected chi connectivity index (χ3v) is 7.99. The fraction of sp³-hybridized carbons (Fsp3) is 0.250. The summed E-state index contributed by atoms with van der Waals surface area (Å²) in [5.41, 5.74) is 4.41. The van der Waals surface area contributed by atoms with Crippen molar-refractivity contribution in [1.29, 1.82) is 0 Å². The topological polar surface area (TPSA) is 60.5 Å². The molecule has 1 aliphatic heterocycles. The number of carbonyl (C=O) groups is 1. The molecule has 2 aromatic carbocycles. The lowest BCUT2D eigenvalue weighted by molar-refractivity contribution is -0.115. The van der Waals surface area contributed by atoms with Gasteiger partial charge in [-0.2, -0.15) is 0 Å². The van der Waals surface area contributed by atoms with Gasteiger partial charge >= 0.3 is 0 Å². The van der Waals surface area contributed by atoms with Crippen molar-refractivity contribution >= 4 is 43.8 Å². The Labute approximate surface area is 187 Å². The molecular formula is C24H20N2O3S2. The molecule has 0 atom stereocenters. The Kier molecular flexibility index (Phi) is 4.65. The number of aromatic nitrogens is 1. The quantitative estimate of drug-likeness (QED) is 0.428. The summed E-state index contributed by atoms with van der Waals surface area (Å²) >= 11 is 3.42. The number of thiazole rings is 1. The number of amides is 1. The van der Waals surface area contributed by atoms with Gasteiger partial charge in [0.15, 0.2) is 11.5 Å². The standard InChI is InChI=1S/C24H20N2O3S2/c27-21(12-14-9-10-17-18(11-14)29-13-28-17)26-24-22(15-5-1-3-7-19(15)30-24)23-25-16-6-2-4-8-20(16)31-23/h2,4,6,8-11H,1,3,5,7,12-13H2,(H,26,27). The maximum absolute atomic E-state index is 13.0. The molecule has 1 N–H and O–H groups in total. The van der Waals surface area contributed by atoms with Gasteiger partial charge in [-0.15, -0.1) is 22.7 Å². The minimum atomic E-state index is -0.0279. The summed E-state index contributed by atoms with van der Waals surface area (Å²) in [6, 6.07) is 13.9. The number of nitrogens with one attached hydrogen (secondary N) is 1. The van der Waals surface area contributed by atoms with Crippen LogP contribution >= 0.6 is 22.7 Å². The van der Waals surface area contributed by atoms with Gasteiger partial charge in [0, 0.05) is 10.4 Å². The summed E-state index contributed by atoms with van der Waals surface area (Å²) in [5.74, 6) is 1.40. The van der Waals surface area contributed by atoms with Gasteiger partial charge in [-0.1, -0.05) is 18.2 Å². The average Bonchev–Trinajstić information content (AvgIpc) is 3.48. The zero-order chi connectivity index (χ0) is 20.8. The van der Waals surface area contributed by atoms with Crippen molar-refractivity contribution in [2.45, 2.75) is 32.1 Å². The van der Waals surface area contributed by atoms with Gasteiger partial charge in [0.05, 0.1) is 16.6 Å². The van der Waals surface area contributed by atoms with Crippen molar-refractivity contribution in [3.8, 4) is 22.1 Å². The van der Waals surface area contributed by atoms with Crippen LogP contribution in [0.1, 0.15) is 28.8 Å². The number of anilines is 1. The van der Waals surface area contributed by atoms with Gasteiger partial charge in [0.1, 0.15) is 10.0 Å². The van der Waals surface area contributed by atoms with E-state index in [1.54, 1.807) is 22.7 Å². The number of ether oxygens (including phenoxy) is 2. The highest BCUT2D eigenvalue weighted by molar-refractivity contribution is 7.22. The maximum atomic E-state index is 13.0. The highest BCUT2D eigenvalue weighted by atomic mass is 32.1. The number of thiophene rings is 1. The second kappa shape index (κ2) is 7.66. The van der Waals surface area contributed by atoms with Crippen molar-refractivity contribution in [2.75, 3.05) is 12.1 Å². The summed E-state index contributed by atoms with van der Waals surface area (Å²) in [6.07, 6.45) is 4.81. The van der Waals surface area contributed by atoms with Gasteiger partial charge in [-0.3, -0.25) is 4.79 Å². The molecule has 1 aliphatic carbocycles. The predicted octanol–water partition coefficient (Wildman–Crippen LogP) is 5.81. The molecule has 0 fully saturated rings. The van der Waals surface area contributed by atoms with Gasteiger partial charge < -0.3 is 14.8 Å². The summed E-state index contributed by atoms with van der Waals surface area (Å²) in [6.45, 7) is 0.233. The average molecular weight is 449 g/mol. The Morgan fingerprint density at radius 1 is 1.03 bits per heavy atom. The molecule has 1 amide bonds. The van der Waals surface area contributed by atoms with Crippen LogP contribution in [0.5, 0.6) is 11.5 Å². The third kappa shape index (κ3) is 3.47. The Balaban J connectivity index is 1.32. The summed E-state index contributed by atoms with van der Waals surface area (Å²) in [7, 11) is 0. The summed E-state index contributed by atoms with van der Waals surface area (Å²) < 4.78 is 12.0. The molecule has 4 aromatic rings. The number of rotatable bonds is 4. The molecule has 31 heavy (non-hydrogen) atoms. The second-order valence-corrected chi connectivity index (χ2v) is 9.95. The first kappa shape index (κ1) is 18.8. The maximum Gasteiger partial charge on any atom is 0.231 e. The Morgan fingerprint density at radius 2 is 1.90 bits per heavy atom. The minimum absolute atomic E-state index is 0.0279. The number of benzene rings is 2. The van der Waals surface area contributed by atoms with E-state index in [1.165, 1.54) is 28.0 Å². The van der Waals surface area contributed by atoms with E-state index in [0.29, 0.717) is 12.2 Å². The Hall–Kier alpha value is -2.90. The first-order chi connectivity index (χ1) is 15.2. The fourth-order valence-corrected chi connectivity index (χ4v) is 6.68. The van der Waals surface area contributed by atoms with E-state index in [-0.39, 0.29) is 12.7 Å². The lowest BCUT2D eigenvalue weighted by Crippen LogP contribution is -2.14. The SMILES string of the molecule is O=C(Cc1ccc2c(c1)OCO2)Nc1sc2c(c1-c1nc3ccccc3s1)CCCC2. The number of fused-ring (bicyclic) bond motifs is 3. The highest BCUT2D eigenvalue weighted by Crippen LogP contribution is 2.46. The van der Waals surface area contributed by atoms with Crippen LogP contribution in [0.2, 0.25) is 0 Å². The fourth-order valence-electron chi connectivity index (χ4n) is 4.27. The molecule has 0 saturated heterocycles. The predicted molar refractivity (Wildman–Crippen MR) is 124 cm³/mol. The lowest BCUT2D eigenvalue weighted by Gasteiger charge is -2.11. The molecule has 156 valence electrons.